The van der Waals surface area contributed by atoms with Gasteiger partial charge in [-0.15, -0.1) is 0 Å². The van der Waals surface area contributed by atoms with Crippen molar-refractivity contribution in [2.75, 3.05) is 33.2 Å². The molecule has 0 aromatic heterocycles. The Labute approximate surface area is 95.8 Å². The van der Waals surface area contributed by atoms with E-state index >= 15 is 0 Å². The quantitative estimate of drug-likeness (QED) is 0.664. The lowest BCUT2D eigenvalue weighted by molar-refractivity contribution is -0.136. The van der Waals surface area contributed by atoms with Crippen LogP contribution in [0, 0.1) is 0 Å². The van der Waals surface area contributed by atoms with Crippen LogP contribution in [-0.2, 0) is 4.79 Å². The molecule has 0 aromatic carbocycles. The number of hydrogen-bond donors (Lipinski definition) is 2. The van der Waals surface area contributed by atoms with E-state index in [2.05, 4.69) is 5.32 Å². The molecule has 92 valence electrons. The lowest BCUT2D eigenvalue weighted by Gasteiger charge is -2.33. The smallest absolute Gasteiger partial charge is 0.315 e. The molecule has 1 heterocycles. The Morgan fingerprint density at radius 1 is 1.44 bits per heavy atom. The highest BCUT2D eigenvalue weighted by atomic mass is 16.2. The van der Waals surface area contributed by atoms with Crippen molar-refractivity contribution in [2.24, 2.45) is 5.73 Å². The van der Waals surface area contributed by atoms with Crippen LogP contribution in [0.25, 0.3) is 0 Å². The van der Waals surface area contributed by atoms with Crippen LogP contribution in [0.1, 0.15) is 13.3 Å². The fourth-order valence-corrected chi connectivity index (χ4v) is 1.86. The maximum Gasteiger partial charge on any atom is 0.315 e. The van der Waals surface area contributed by atoms with E-state index in [1.165, 1.54) is 4.90 Å². The Hall–Kier alpha value is -1.30. The van der Waals surface area contributed by atoms with Crippen molar-refractivity contribution in [3.05, 3.63) is 0 Å². The Balaban J connectivity index is 2.64. The van der Waals surface area contributed by atoms with Crippen molar-refractivity contribution < 1.29 is 9.59 Å². The minimum Gasteiger partial charge on any atom is -0.351 e. The van der Waals surface area contributed by atoms with Crippen LogP contribution in [0.15, 0.2) is 0 Å². The topological polar surface area (TPSA) is 78.7 Å². The number of carbonyl (C=O) groups excluding carboxylic acids is 2. The predicted octanol–water partition coefficient (Wildman–Crippen LogP) is -0.793. The van der Waals surface area contributed by atoms with Crippen LogP contribution in [0.5, 0.6) is 0 Å². The molecule has 3 amide bonds. The summed E-state index contributed by atoms with van der Waals surface area (Å²) in [7, 11) is 1.57. The number of nitrogens with one attached hydrogen (secondary N) is 1. The van der Waals surface area contributed by atoms with Gasteiger partial charge in [-0.25, -0.2) is 4.79 Å². The summed E-state index contributed by atoms with van der Waals surface area (Å²) >= 11 is 0. The fraction of sp³-hybridized carbons (Fsp3) is 0.800. The zero-order chi connectivity index (χ0) is 12.1. The first-order chi connectivity index (χ1) is 7.57. The summed E-state index contributed by atoms with van der Waals surface area (Å²) in [5.41, 5.74) is 5.18. The number of nitrogens with zero attached hydrogens (tertiary/aromatic N) is 2. The van der Waals surface area contributed by atoms with Crippen molar-refractivity contribution in [2.45, 2.75) is 19.4 Å². The maximum atomic E-state index is 12.1. The van der Waals surface area contributed by atoms with Gasteiger partial charge in [0.2, 0.25) is 5.91 Å². The van der Waals surface area contributed by atoms with Gasteiger partial charge in [0.05, 0.1) is 0 Å². The maximum absolute atomic E-state index is 12.1. The molecule has 0 saturated carbocycles. The molecule has 0 bridgehead atoms. The lowest BCUT2D eigenvalue weighted by Crippen LogP contribution is -2.55. The molecule has 16 heavy (non-hydrogen) atoms. The number of piperazine rings is 1. The van der Waals surface area contributed by atoms with E-state index in [9.17, 15) is 9.59 Å². The number of nitrogens with two attached hydrogens (primary N) is 1. The first kappa shape index (κ1) is 12.8. The zero-order valence-corrected chi connectivity index (χ0v) is 9.90. The molecule has 6 heteroatoms. The normalized spacial score (nSPS) is 18.0. The lowest BCUT2D eigenvalue weighted by atomic mass is 10.1. The van der Waals surface area contributed by atoms with Crippen LogP contribution in [0.2, 0.25) is 0 Å². The van der Waals surface area contributed by atoms with Gasteiger partial charge in [-0.05, 0) is 6.42 Å². The number of amides is 3. The number of hydrogen-bond acceptors (Lipinski definition) is 3. The summed E-state index contributed by atoms with van der Waals surface area (Å²) in [6, 6.07) is -0.995. The Bertz CT molecular complexity index is 264. The number of rotatable bonds is 3. The number of carbonyl (C=O) groups is 2. The van der Waals surface area contributed by atoms with Crippen molar-refractivity contribution in [1.29, 1.82) is 0 Å². The average molecular weight is 228 g/mol. The van der Waals surface area contributed by atoms with Gasteiger partial charge in [0.15, 0.2) is 0 Å². The van der Waals surface area contributed by atoms with Gasteiger partial charge in [0, 0.05) is 33.2 Å². The molecule has 0 aromatic rings. The fourth-order valence-electron chi connectivity index (χ4n) is 1.86. The second-order valence-electron chi connectivity index (χ2n) is 3.95. The molecule has 0 aliphatic carbocycles. The highest BCUT2D eigenvalue weighted by Gasteiger charge is 2.28. The Morgan fingerprint density at radius 2 is 2.00 bits per heavy atom. The molecule has 1 aliphatic rings. The number of likely N-dealkylation sites (N-methyl/N-ethyl adjacent to an activating group) is 1. The largest absolute Gasteiger partial charge is 0.351 e. The van der Waals surface area contributed by atoms with Gasteiger partial charge < -0.3 is 20.9 Å². The average Bonchev–Trinajstić information content (AvgIpc) is 2.30. The second kappa shape index (κ2) is 5.69. The van der Waals surface area contributed by atoms with Crippen LogP contribution < -0.4 is 11.1 Å². The van der Waals surface area contributed by atoms with Crippen molar-refractivity contribution >= 4 is 11.9 Å². The van der Waals surface area contributed by atoms with Crippen LogP contribution >= 0.6 is 0 Å². The number of primary amides is 1. The van der Waals surface area contributed by atoms with Crippen LogP contribution in [0.3, 0.4) is 0 Å². The molecule has 3 N–H and O–H groups in total. The predicted molar refractivity (Wildman–Crippen MR) is 60.9 cm³/mol. The van der Waals surface area contributed by atoms with Crippen LogP contribution in [-0.4, -0.2) is 61.0 Å². The third kappa shape index (κ3) is 2.85. The van der Waals surface area contributed by atoms with Gasteiger partial charge in [0.1, 0.15) is 6.04 Å². The van der Waals surface area contributed by atoms with E-state index in [1.54, 1.807) is 11.9 Å². The third-order valence-electron chi connectivity index (χ3n) is 2.92. The molecule has 1 unspecified atom stereocenters. The third-order valence-corrected chi connectivity index (χ3v) is 2.92. The van der Waals surface area contributed by atoms with Crippen LogP contribution in [0.4, 0.5) is 4.79 Å². The van der Waals surface area contributed by atoms with E-state index in [-0.39, 0.29) is 5.91 Å². The van der Waals surface area contributed by atoms with Crippen molar-refractivity contribution in [1.82, 2.24) is 15.1 Å². The molecule has 0 spiro atoms. The highest BCUT2D eigenvalue weighted by molar-refractivity contribution is 5.86. The highest BCUT2D eigenvalue weighted by Crippen LogP contribution is 2.07. The Morgan fingerprint density at radius 3 is 2.44 bits per heavy atom. The summed E-state index contributed by atoms with van der Waals surface area (Å²) in [6.45, 7) is 4.89. The summed E-state index contributed by atoms with van der Waals surface area (Å²) < 4.78 is 0. The van der Waals surface area contributed by atoms with Crippen molar-refractivity contribution in [3.63, 3.8) is 0 Å². The van der Waals surface area contributed by atoms with Crippen molar-refractivity contribution in [3.8, 4) is 0 Å². The summed E-state index contributed by atoms with van der Waals surface area (Å²) in [5.74, 6) is -0.00898. The minimum atomic E-state index is -0.560. The van der Waals surface area contributed by atoms with E-state index in [1.807, 2.05) is 6.92 Å². The summed E-state index contributed by atoms with van der Waals surface area (Å²) in [4.78, 5) is 26.3. The molecule has 1 saturated heterocycles. The van der Waals surface area contributed by atoms with Gasteiger partial charge in [-0.3, -0.25) is 4.79 Å². The summed E-state index contributed by atoms with van der Waals surface area (Å²) in [6.07, 6.45) is 0.586. The number of urea groups is 1. The zero-order valence-electron chi connectivity index (χ0n) is 9.90. The van der Waals surface area contributed by atoms with Gasteiger partial charge in [-0.2, -0.15) is 0 Å². The van der Waals surface area contributed by atoms with E-state index < -0.39 is 12.1 Å². The SMILES string of the molecule is CCC(C(=O)N1CCNCC1)N(C)C(N)=O. The second-order valence-corrected chi connectivity index (χ2v) is 3.95. The first-order valence-electron chi connectivity index (χ1n) is 5.59. The first-order valence-corrected chi connectivity index (χ1v) is 5.59. The molecule has 1 fully saturated rings. The van der Waals surface area contributed by atoms with E-state index in [4.69, 9.17) is 5.73 Å². The molecule has 1 rings (SSSR count). The van der Waals surface area contributed by atoms with Gasteiger partial charge in [-0.1, -0.05) is 6.92 Å². The van der Waals surface area contributed by atoms with E-state index in [0.29, 0.717) is 19.5 Å². The molecule has 0 radical (unpaired) electrons. The minimum absolute atomic E-state index is 0.00898. The molecular weight excluding hydrogens is 208 g/mol. The van der Waals surface area contributed by atoms with E-state index in [0.717, 1.165) is 13.1 Å². The molecule has 1 atom stereocenters. The molecule has 1 aliphatic heterocycles. The molecule has 6 nitrogen and oxygen atoms in total. The van der Waals surface area contributed by atoms with Gasteiger partial charge in [0.25, 0.3) is 0 Å². The monoisotopic (exact) mass is 228 g/mol. The Kier molecular flexibility index (Phi) is 4.54. The molecular formula is C10H20N4O2. The summed E-state index contributed by atoms with van der Waals surface area (Å²) in [5, 5.41) is 3.18. The van der Waals surface area contributed by atoms with Gasteiger partial charge >= 0.3 is 6.03 Å². The standard InChI is InChI=1S/C10H20N4O2/c1-3-8(13(2)10(11)16)9(15)14-6-4-12-5-7-14/h8,12H,3-7H2,1-2H3,(H2,11,16).